The van der Waals surface area contributed by atoms with Crippen molar-refractivity contribution in [2.75, 3.05) is 12.0 Å². The van der Waals surface area contributed by atoms with E-state index in [1.54, 1.807) is 29.6 Å². The number of pyridine rings is 1. The normalized spacial score (nSPS) is 10.8. The summed E-state index contributed by atoms with van der Waals surface area (Å²) < 4.78 is 0. The number of hydrogen-bond acceptors (Lipinski definition) is 6. The van der Waals surface area contributed by atoms with E-state index in [-0.39, 0.29) is 0 Å². The van der Waals surface area contributed by atoms with Crippen molar-refractivity contribution in [3.05, 3.63) is 35.7 Å². The van der Waals surface area contributed by atoms with Gasteiger partial charge in [0, 0.05) is 18.0 Å². The fraction of sp³-hybridized carbons (Fsp3) is 0.400. The smallest absolute Gasteiger partial charge is 0.190 e. The third-order valence-electron chi connectivity index (χ3n) is 3.03. The van der Waals surface area contributed by atoms with Crippen LogP contribution in [0.1, 0.15) is 31.0 Å². The van der Waals surface area contributed by atoms with Gasteiger partial charge in [0.1, 0.15) is 10.8 Å². The highest BCUT2D eigenvalue weighted by atomic mass is 32.2. The monoisotopic (exact) mass is 320 g/mol. The molecule has 0 radical (unpaired) electrons. The van der Waals surface area contributed by atoms with E-state index in [9.17, 15) is 0 Å². The number of aromatic nitrogens is 3. The Bertz CT molecular complexity index is 590. The Labute approximate surface area is 134 Å². The molecule has 0 fully saturated rings. The van der Waals surface area contributed by atoms with Crippen LogP contribution in [-0.2, 0) is 12.2 Å². The molecule has 0 aliphatic rings. The van der Waals surface area contributed by atoms with Crippen molar-refractivity contribution in [1.82, 2.24) is 15.0 Å². The first-order valence-corrected chi connectivity index (χ1v) is 9.18. The van der Waals surface area contributed by atoms with E-state index in [0.29, 0.717) is 11.0 Å². The lowest BCUT2D eigenvalue weighted by Gasteiger charge is -2.08. The summed E-state index contributed by atoms with van der Waals surface area (Å²) in [4.78, 5) is 13.2. The Hall–Kier alpha value is -1.27. The van der Waals surface area contributed by atoms with Gasteiger partial charge < -0.3 is 5.73 Å². The van der Waals surface area contributed by atoms with Gasteiger partial charge in [-0.2, -0.15) is 0 Å². The summed E-state index contributed by atoms with van der Waals surface area (Å²) in [6.07, 6.45) is 7.29. The third-order valence-corrected chi connectivity index (χ3v) is 4.52. The van der Waals surface area contributed by atoms with E-state index >= 15 is 0 Å². The Kier molecular flexibility index (Phi) is 6.32. The van der Waals surface area contributed by atoms with E-state index in [4.69, 9.17) is 5.73 Å². The molecule has 4 nitrogen and oxygen atoms in total. The van der Waals surface area contributed by atoms with Crippen LogP contribution in [-0.4, -0.2) is 21.2 Å². The van der Waals surface area contributed by atoms with Gasteiger partial charge in [0.25, 0.3) is 0 Å². The van der Waals surface area contributed by atoms with Crippen molar-refractivity contribution in [2.24, 2.45) is 0 Å². The highest BCUT2D eigenvalue weighted by Crippen LogP contribution is 2.24. The molecule has 0 saturated heterocycles. The van der Waals surface area contributed by atoms with Crippen molar-refractivity contribution in [3.8, 4) is 0 Å². The molecule has 0 aliphatic carbocycles. The first-order chi connectivity index (χ1) is 10.2. The van der Waals surface area contributed by atoms with Crippen LogP contribution in [0.2, 0.25) is 0 Å². The van der Waals surface area contributed by atoms with E-state index < -0.39 is 0 Å². The Balaban J connectivity index is 2.07. The molecule has 2 heterocycles. The molecule has 2 rings (SSSR count). The molecule has 0 amide bonds. The standard InChI is InChI=1S/C15H20N4S2/c1-3-4-6-11-7-5-8-17-12(11)10-21-15-18-13(16)9-14(19-15)20-2/h5,7-9H,3-4,6,10H2,1-2H3,(H2,16,18,19). The second-order valence-electron chi connectivity index (χ2n) is 4.62. The molecule has 0 bridgehead atoms. The Morgan fingerprint density at radius 3 is 2.90 bits per heavy atom. The predicted molar refractivity (Wildman–Crippen MR) is 90.6 cm³/mol. The van der Waals surface area contributed by atoms with Crippen LogP contribution in [0.15, 0.2) is 34.6 Å². The number of hydrogen-bond donors (Lipinski definition) is 1. The number of nitrogen functional groups attached to an aromatic ring is 1. The number of anilines is 1. The van der Waals surface area contributed by atoms with Crippen LogP contribution in [0.4, 0.5) is 5.82 Å². The second-order valence-corrected chi connectivity index (χ2v) is 6.39. The Morgan fingerprint density at radius 2 is 2.14 bits per heavy atom. The first kappa shape index (κ1) is 16.1. The van der Waals surface area contributed by atoms with Gasteiger partial charge in [0.15, 0.2) is 5.16 Å². The number of unbranched alkanes of at least 4 members (excludes halogenated alkanes) is 1. The molecule has 0 spiro atoms. The lowest BCUT2D eigenvalue weighted by Crippen LogP contribution is -1.99. The first-order valence-electron chi connectivity index (χ1n) is 6.97. The van der Waals surface area contributed by atoms with E-state index in [1.807, 2.05) is 18.5 Å². The SMILES string of the molecule is CCCCc1cccnc1CSc1nc(N)cc(SC)n1. The topological polar surface area (TPSA) is 64.7 Å². The maximum atomic E-state index is 5.81. The number of aryl methyl sites for hydroxylation is 1. The van der Waals surface area contributed by atoms with Gasteiger partial charge in [0.2, 0.25) is 0 Å². The van der Waals surface area contributed by atoms with Gasteiger partial charge in [-0.15, -0.1) is 11.8 Å². The summed E-state index contributed by atoms with van der Waals surface area (Å²) in [5.74, 6) is 1.29. The molecule has 6 heteroatoms. The molecule has 2 aromatic rings. The van der Waals surface area contributed by atoms with Crippen molar-refractivity contribution in [2.45, 2.75) is 42.1 Å². The van der Waals surface area contributed by atoms with Gasteiger partial charge in [-0.1, -0.05) is 31.2 Å². The van der Waals surface area contributed by atoms with Crippen LogP contribution >= 0.6 is 23.5 Å². The fourth-order valence-corrected chi connectivity index (χ4v) is 3.25. The molecular weight excluding hydrogens is 300 g/mol. The van der Waals surface area contributed by atoms with Crippen LogP contribution in [0.25, 0.3) is 0 Å². The zero-order chi connectivity index (χ0) is 15.1. The zero-order valence-corrected chi connectivity index (χ0v) is 14.0. The van der Waals surface area contributed by atoms with Gasteiger partial charge in [-0.3, -0.25) is 4.98 Å². The number of nitrogens with zero attached hydrogens (tertiary/aromatic N) is 3. The third kappa shape index (κ3) is 4.89. The highest BCUT2D eigenvalue weighted by Gasteiger charge is 2.07. The molecule has 0 aliphatic heterocycles. The average Bonchev–Trinajstić information content (AvgIpc) is 2.51. The number of nitrogens with two attached hydrogens (primary N) is 1. The fourth-order valence-electron chi connectivity index (χ4n) is 1.92. The van der Waals surface area contributed by atoms with Crippen LogP contribution in [0.3, 0.4) is 0 Å². The lowest BCUT2D eigenvalue weighted by molar-refractivity contribution is 0.785. The second kappa shape index (κ2) is 8.24. The summed E-state index contributed by atoms with van der Waals surface area (Å²) in [6.45, 7) is 2.20. The van der Waals surface area contributed by atoms with Crippen LogP contribution in [0, 0.1) is 0 Å². The average molecular weight is 320 g/mol. The molecule has 0 unspecified atom stereocenters. The molecule has 112 valence electrons. The quantitative estimate of drug-likeness (QED) is 0.475. The van der Waals surface area contributed by atoms with Gasteiger partial charge in [-0.25, -0.2) is 9.97 Å². The zero-order valence-electron chi connectivity index (χ0n) is 12.4. The molecule has 21 heavy (non-hydrogen) atoms. The predicted octanol–water partition coefficient (Wildman–Crippen LogP) is 3.81. The van der Waals surface area contributed by atoms with Gasteiger partial charge >= 0.3 is 0 Å². The van der Waals surface area contributed by atoms with Crippen molar-refractivity contribution >= 4 is 29.3 Å². The summed E-state index contributed by atoms with van der Waals surface area (Å²) in [5.41, 5.74) is 8.24. The van der Waals surface area contributed by atoms with E-state index in [1.165, 1.54) is 18.4 Å². The summed E-state index contributed by atoms with van der Waals surface area (Å²) >= 11 is 3.16. The molecule has 0 atom stereocenters. The van der Waals surface area contributed by atoms with Crippen molar-refractivity contribution in [3.63, 3.8) is 0 Å². The molecule has 2 aromatic heterocycles. The minimum Gasteiger partial charge on any atom is -0.384 e. The van der Waals surface area contributed by atoms with Gasteiger partial charge in [0.05, 0.1) is 5.69 Å². The Morgan fingerprint density at radius 1 is 1.29 bits per heavy atom. The molecule has 0 saturated carbocycles. The van der Waals surface area contributed by atoms with E-state index in [0.717, 1.165) is 22.9 Å². The highest BCUT2D eigenvalue weighted by molar-refractivity contribution is 7.99. The molecule has 2 N–H and O–H groups in total. The minimum absolute atomic E-state index is 0.518. The molecular formula is C15H20N4S2. The summed E-state index contributed by atoms with van der Waals surface area (Å²) in [6, 6.07) is 5.95. The summed E-state index contributed by atoms with van der Waals surface area (Å²) in [5, 5.41) is 1.61. The van der Waals surface area contributed by atoms with Crippen LogP contribution in [0.5, 0.6) is 0 Å². The largest absolute Gasteiger partial charge is 0.384 e. The maximum absolute atomic E-state index is 5.81. The van der Waals surface area contributed by atoms with Gasteiger partial charge in [-0.05, 0) is 30.7 Å². The maximum Gasteiger partial charge on any atom is 0.190 e. The van der Waals surface area contributed by atoms with E-state index in [2.05, 4.69) is 27.9 Å². The number of thioether (sulfide) groups is 2. The van der Waals surface area contributed by atoms with Crippen molar-refractivity contribution in [1.29, 1.82) is 0 Å². The number of rotatable bonds is 7. The summed E-state index contributed by atoms with van der Waals surface area (Å²) in [7, 11) is 0. The lowest BCUT2D eigenvalue weighted by atomic mass is 10.1. The van der Waals surface area contributed by atoms with Crippen LogP contribution < -0.4 is 5.73 Å². The van der Waals surface area contributed by atoms with Crippen molar-refractivity contribution < 1.29 is 0 Å². The molecule has 0 aromatic carbocycles. The minimum atomic E-state index is 0.518.